The van der Waals surface area contributed by atoms with Crippen molar-refractivity contribution in [3.05, 3.63) is 45.6 Å². The maximum atomic E-state index is 12.2. The number of hydrogen-bond donors (Lipinski definition) is 2. The standard InChI is InChI=1S/C14H16ClN3OS/c1-18(2)11-6-5-9(15)8-10(11)17-14(19)13(16)12-4-3-7-20-12/h3-8,13H,16H2,1-2H3,(H,17,19). The van der Waals surface area contributed by atoms with Crippen LogP contribution in [0.5, 0.6) is 0 Å². The van der Waals surface area contributed by atoms with Crippen molar-refractivity contribution in [2.24, 2.45) is 5.73 Å². The minimum absolute atomic E-state index is 0.252. The molecule has 20 heavy (non-hydrogen) atoms. The number of carbonyl (C=O) groups is 1. The molecule has 1 aromatic heterocycles. The number of nitrogens with two attached hydrogens (primary N) is 1. The first-order valence-corrected chi connectivity index (χ1v) is 7.31. The summed E-state index contributed by atoms with van der Waals surface area (Å²) in [5, 5.41) is 5.30. The highest BCUT2D eigenvalue weighted by Crippen LogP contribution is 2.29. The van der Waals surface area contributed by atoms with Gasteiger partial charge < -0.3 is 16.0 Å². The van der Waals surface area contributed by atoms with Crippen molar-refractivity contribution in [2.45, 2.75) is 6.04 Å². The Morgan fingerprint density at radius 1 is 1.40 bits per heavy atom. The Morgan fingerprint density at radius 2 is 2.15 bits per heavy atom. The Morgan fingerprint density at radius 3 is 2.75 bits per heavy atom. The van der Waals surface area contributed by atoms with Gasteiger partial charge in [0.05, 0.1) is 11.4 Å². The summed E-state index contributed by atoms with van der Waals surface area (Å²) in [4.78, 5) is 14.9. The van der Waals surface area contributed by atoms with E-state index in [1.165, 1.54) is 11.3 Å². The molecule has 0 saturated carbocycles. The highest BCUT2D eigenvalue weighted by molar-refractivity contribution is 7.10. The lowest BCUT2D eigenvalue weighted by Crippen LogP contribution is -2.27. The van der Waals surface area contributed by atoms with Gasteiger partial charge in [-0.25, -0.2) is 0 Å². The first kappa shape index (κ1) is 14.8. The summed E-state index contributed by atoms with van der Waals surface area (Å²) in [5.41, 5.74) is 7.48. The van der Waals surface area contributed by atoms with Gasteiger partial charge in [-0.15, -0.1) is 11.3 Å². The monoisotopic (exact) mass is 309 g/mol. The molecule has 0 aliphatic carbocycles. The van der Waals surface area contributed by atoms with E-state index in [-0.39, 0.29) is 5.91 Å². The number of halogens is 1. The third-order valence-corrected chi connectivity index (χ3v) is 4.02. The molecule has 1 heterocycles. The van der Waals surface area contributed by atoms with Crippen LogP contribution in [0.25, 0.3) is 0 Å². The van der Waals surface area contributed by atoms with Crippen molar-refractivity contribution in [3.8, 4) is 0 Å². The Balaban J connectivity index is 2.21. The van der Waals surface area contributed by atoms with Crippen molar-refractivity contribution < 1.29 is 4.79 Å². The van der Waals surface area contributed by atoms with Gasteiger partial charge in [0.25, 0.3) is 0 Å². The van der Waals surface area contributed by atoms with Crippen LogP contribution in [-0.2, 0) is 4.79 Å². The highest BCUT2D eigenvalue weighted by atomic mass is 35.5. The van der Waals surface area contributed by atoms with Crippen molar-refractivity contribution in [1.29, 1.82) is 0 Å². The number of nitrogens with zero attached hydrogens (tertiary/aromatic N) is 1. The van der Waals surface area contributed by atoms with E-state index in [2.05, 4.69) is 5.32 Å². The molecule has 0 fully saturated rings. The number of anilines is 2. The first-order chi connectivity index (χ1) is 9.49. The van der Waals surface area contributed by atoms with Crippen molar-refractivity contribution in [2.75, 3.05) is 24.3 Å². The minimum Gasteiger partial charge on any atom is -0.376 e. The van der Waals surface area contributed by atoms with Crippen LogP contribution < -0.4 is 16.0 Å². The van der Waals surface area contributed by atoms with E-state index < -0.39 is 6.04 Å². The van der Waals surface area contributed by atoms with Gasteiger partial charge in [0.2, 0.25) is 5.91 Å². The van der Waals surface area contributed by atoms with E-state index in [0.29, 0.717) is 10.7 Å². The molecule has 0 aliphatic heterocycles. The zero-order valence-electron chi connectivity index (χ0n) is 11.3. The summed E-state index contributed by atoms with van der Waals surface area (Å²) >= 11 is 7.45. The second kappa shape index (κ2) is 6.26. The molecular formula is C14H16ClN3OS. The van der Waals surface area contributed by atoms with Crippen molar-refractivity contribution in [3.63, 3.8) is 0 Å². The number of hydrogen-bond acceptors (Lipinski definition) is 4. The quantitative estimate of drug-likeness (QED) is 0.912. The maximum Gasteiger partial charge on any atom is 0.246 e. The molecule has 0 aliphatic rings. The van der Waals surface area contributed by atoms with Crippen molar-refractivity contribution >= 4 is 40.2 Å². The lowest BCUT2D eigenvalue weighted by molar-refractivity contribution is -0.117. The number of rotatable bonds is 4. The lowest BCUT2D eigenvalue weighted by atomic mass is 10.2. The minimum atomic E-state index is -0.677. The molecule has 2 aromatic rings. The van der Waals surface area contributed by atoms with Gasteiger partial charge >= 0.3 is 0 Å². The third-order valence-electron chi connectivity index (χ3n) is 2.83. The lowest BCUT2D eigenvalue weighted by Gasteiger charge is -2.19. The summed E-state index contributed by atoms with van der Waals surface area (Å²) in [6, 6.07) is 8.40. The summed E-state index contributed by atoms with van der Waals surface area (Å²) in [6.07, 6.45) is 0. The van der Waals surface area contributed by atoms with Crippen LogP contribution in [0.3, 0.4) is 0 Å². The Labute approximate surface area is 127 Å². The number of benzene rings is 1. The van der Waals surface area contributed by atoms with Gasteiger partial charge in [-0.05, 0) is 29.6 Å². The van der Waals surface area contributed by atoms with Crippen LogP contribution in [0, 0.1) is 0 Å². The average Bonchev–Trinajstić information content (AvgIpc) is 2.91. The zero-order valence-corrected chi connectivity index (χ0v) is 12.8. The molecule has 0 bridgehead atoms. The molecule has 1 amide bonds. The van der Waals surface area contributed by atoms with E-state index in [1.54, 1.807) is 12.1 Å². The smallest absolute Gasteiger partial charge is 0.246 e. The van der Waals surface area contributed by atoms with Gasteiger partial charge in [-0.3, -0.25) is 4.79 Å². The topological polar surface area (TPSA) is 58.4 Å². The van der Waals surface area contributed by atoms with Crippen LogP contribution in [0.2, 0.25) is 5.02 Å². The van der Waals surface area contributed by atoms with E-state index in [0.717, 1.165) is 10.6 Å². The summed E-state index contributed by atoms with van der Waals surface area (Å²) in [5.74, 6) is -0.252. The molecule has 106 valence electrons. The second-order valence-corrected chi connectivity index (χ2v) is 5.95. The number of carbonyl (C=O) groups excluding carboxylic acids is 1. The average molecular weight is 310 g/mol. The number of nitrogens with one attached hydrogen (secondary N) is 1. The molecule has 1 aromatic carbocycles. The predicted octanol–water partition coefficient (Wildman–Crippen LogP) is 3.11. The molecule has 3 N–H and O–H groups in total. The third kappa shape index (κ3) is 3.30. The summed E-state index contributed by atoms with van der Waals surface area (Å²) in [6.45, 7) is 0. The molecular weight excluding hydrogens is 294 g/mol. The largest absolute Gasteiger partial charge is 0.376 e. The fourth-order valence-electron chi connectivity index (χ4n) is 1.81. The zero-order chi connectivity index (χ0) is 14.7. The van der Waals surface area contributed by atoms with Crippen LogP contribution in [0.1, 0.15) is 10.9 Å². The second-order valence-electron chi connectivity index (χ2n) is 4.54. The van der Waals surface area contributed by atoms with Crippen molar-refractivity contribution in [1.82, 2.24) is 0 Å². The summed E-state index contributed by atoms with van der Waals surface area (Å²) < 4.78 is 0. The molecule has 1 unspecified atom stereocenters. The van der Waals surface area contributed by atoms with Crippen LogP contribution in [0.15, 0.2) is 35.7 Å². The summed E-state index contributed by atoms with van der Waals surface area (Å²) in [7, 11) is 3.80. The molecule has 0 saturated heterocycles. The maximum absolute atomic E-state index is 12.2. The predicted molar refractivity (Wildman–Crippen MR) is 85.7 cm³/mol. The molecule has 0 radical (unpaired) electrons. The van der Waals surface area contributed by atoms with Gasteiger partial charge in [0.15, 0.2) is 0 Å². The molecule has 2 rings (SSSR count). The molecule has 0 spiro atoms. The molecule has 6 heteroatoms. The molecule has 4 nitrogen and oxygen atoms in total. The van der Waals surface area contributed by atoms with Gasteiger partial charge in [0, 0.05) is 24.0 Å². The van der Waals surface area contributed by atoms with E-state index in [4.69, 9.17) is 17.3 Å². The van der Waals surface area contributed by atoms with E-state index in [1.807, 2.05) is 42.6 Å². The number of amides is 1. The fraction of sp³-hybridized carbons (Fsp3) is 0.214. The normalized spacial score (nSPS) is 12.0. The van der Waals surface area contributed by atoms with Crippen LogP contribution in [-0.4, -0.2) is 20.0 Å². The van der Waals surface area contributed by atoms with Gasteiger partial charge in [-0.1, -0.05) is 17.7 Å². The fourth-order valence-corrected chi connectivity index (χ4v) is 2.70. The van der Waals surface area contributed by atoms with Crippen LogP contribution >= 0.6 is 22.9 Å². The first-order valence-electron chi connectivity index (χ1n) is 6.06. The Bertz CT molecular complexity index is 598. The van der Waals surface area contributed by atoms with Crippen LogP contribution in [0.4, 0.5) is 11.4 Å². The van der Waals surface area contributed by atoms with E-state index in [9.17, 15) is 4.79 Å². The Hall–Kier alpha value is -1.56. The molecule has 1 atom stereocenters. The van der Waals surface area contributed by atoms with Gasteiger partial charge in [0.1, 0.15) is 6.04 Å². The van der Waals surface area contributed by atoms with Gasteiger partial charge in [-0.2, -0.15) is 0 Å². The number of thiophene rings is 1. The Kier molecular flexibility index (Phi) is 4.65. The SMILES string of the molecule is CN(C)c1ccc(Cl)cc1NC(=O)C(N)c1cccs1. The van der Waals surface area contributed by atoms with E-state index >= 15 is 0 Å². The highest BCUT2D eigenvalue weighted by Gasteiger charge is 2.18.